The third-order valence-electron chi connectivity index (χ3n) is 5.01. The van der Waals surface area contributed by atoms with Crippen LogP contribution < -0.4 is 5.32 Å². The molecule has 1 N–H and O–H groups in total. The SMILES string of the molecule is Cn1nccc1/C=C/C(=O)N1CCC[C@H](c2nccnc2Nc2ccccn2)C1. The van der Waals surface area contributed by atoms with Gasteiger partial charge in [0, 0.05) is 56.9 Å². The minimum Gasteiger partial charge on any atom is -0.338 e. The van der Waals surface area contributed by atoms with Crippen LogP contribution in [0, 0.1) is 0 Å². The number of aromatic nitrogens is 5. The molecular formula is C21H23N7O. The zero-order chi connectivity index (χ0) is 20.1. The van der Waals surface area contributed by atoms with Crippen LogP contribution in [0.15, 0.2) is 55.1 Å². The average Bonchev–Trinajstić information content (AvgIpc) is 3.18. The minimum absolute atomic E-state index is 0.000902. The van der Waals surface area contributed by atoms with Crippen LogP contribution in [0.5, 0.6) is 0 Å². The topological polar surface area (TPSA) is 88.8 Å². The molecule has 3 aromatic heterocycles. The molecule has 0 unspecified atom stereocenters. The molecular weight excluding hydrogens is 366 g/mol. The maximum absolute atomic E-state index is 12.7. The van der Waals surface area contributed by atoms with Gasteiger partial charge in [0.1, 0.15) is 5.82 Å². The monoisotopic (exact) mass is 389 g/mol. The van der Waals surface area contributed by atoms with Gasteiger partial charge < -0.3 is 10.2 Å². The number of hydrogen-bond donors (Lipinski definition) is 1. The molecule has 8 nitrogen and oxygen atoms in total. The lowest BCUT2D eigenvalue weighted by atomic mass is 9.94. The molecule has 3 aromatic rings. The fourth-order valence-electron chi connectivity index (χ4n) is 3.51. The fraction of sp³-hybridized carbons (Fsp3) is 0.286. The number of rotatable bonds is 5. The predicted octanol–water partition coefficient (Wildman–Crippen LogP) is 2.77. The Morgan fingerprint density at radius 2 is 2.03 bits per heavy atom. The Kier molecular flexibility index (Phi) is 5.60. The summed E-state index contributed by atoms with van der Waals surface area (Å²) in [7, 11) is 1.85. The maximum Gasteiger partial charge on any atom is 0.246 e. The fourth-order valence-corrected chi connectivity index (χ4v) is 3.51. The summed E-state index contributed by atoms with van der Waals surface area (Å²) in [5, 5.41) is 7.37. The van der Waals surface area contributed by atoms with E-state index in [0.29, 0.717) is 12.4 Å². The van der Waals surface area contributed by atoms with Crippen LogP contribution in [-0.2, 0) is 11.8 Å². The van der Waals surface area contributed by atoms with E-state index in [-0.39, 0.29) is 11.8 Å². The van der Waals surface area contributed by atoms with Gasteiger partial charge >= 0.3 is 0 Å². The molecule has 148 valence electrons. The first-order valence-electron chi connectivity index (χ1n) is 9.64. The highest BCUT2D eigenvalue weighted by Gasteiger charge is 2.27. The van der Waals surface area contributed by atoms with Crippen LogP contribution in [0.2, 0.25) is 0 Å². The molecule has 0 radical (unpaired) electrons. The van der Waals surface area contributed by atoms with Crippen LogP contribution in [0.1, 0.15) is 30.1 Å². The number of anilines is 2. The van der Waals surface area contributed by atoms with Crippen LogP contribution in [0.3, 0.4) is 0 Å². The summed E-state index contributed by atoms with van der Waals surface area (Å²) in [6.45, 7) is 1.36. The largest absolute Gasteiger partial charge is 0.338 e. The van der Waals surface area contributed by atoms with Gasteiger partial charge in [0.05, 0.1) is 11.4 Å². The average molecular weight is 389 g/mol. The van der Waals surface area contributed by atoms with Crippen molar-refractivity contribution in [2.24, 2.45) is 7.05 Å². The lowest BCUT2D eigenvalue weighted by molar-refractivity contribution is -0.127. The van der Waals surface area contributed by atoms with Crippen molar-refractivity contribution >= 4 is 23.6 Å². The maximum atomic E-state index is 12.7. The number of nitrogens with one attached hydrogen (secondary N) is 1. The molecule has 1 fully saturated rings. The van der Waals surface area contributed by atoms with Crippen molar-refractivity contribution in [3.05, 3.63) is 66.5 Å². The number of likely N-dealkylation sites (tertiary alicyclic amines) is 1. The summed E-state index contributed by atoms with van der Waals surface area (Å²) in [5.74, 6) is 1.53. The van der Waals surface area contributed by atoms with Gasteiger partial charge in [-0.1, -0.05) is 6.07 Å². The Bertz CT molecular complexity index is 999. The number of hydrogen-bond acceptors (Lipinski definition) is 6. The van der Waals surface area contributed by atoms with E-state index in [1.165, 1.54) is 0 Å². The van der Waals surface area contributed by atoms with Crippen LogP contribution in [-0.4, -0.2) is 48.6 Å². The molecule has 8 heteroatoms. The number of pyridine rings is 1. The molecule has 29 heavy (non-hydrogen) atoms. The van der Waals surface area contributed by atoms with E-state index >= 15 is 0 Å². The molecule has 0 aliphatic carbocycles. The molecule has 0 spiro atoms. The van der Waals surface area contributed by atoms with Crippen molar-refractivity contribution in [3.8, 4) is 0 Å². The highest BCUT2D eigenvalue weighted by atomic mass is 16.2. The van der Waals surface area contributed by atoms with Crippen molar-refractivity contribution in [2.75, 3.05) is 18.4 Å². The summed E-state index contributed by atoms with van der Waals surface area (Å²) in [5.41, 5.74) is 1.76. The Morgan fingerprint density at radius 1 is 1.14 bits per heavy atom. The lowest BCUT2D eigenvalue weighted by Gasteiger charge is -2.32. The molecule has 1 amide bonds. The molecule has 4 heterocycles. The van der Waals surface area contributed by atoms with Gasteiger partial charge in [-0.3, -0.25) is 14.5 Å². The highest BCUT2D eigenvalue weighted by molar-refractivity contribution is 5.91. The van der Waals surface area contributed by atoms with Crippen molar-refractivity contribution in [2.45, 2.75) is 18.8 Å². The van der Waals surface area contributed by atoms with E-state index in [9.17, 15) is 4.79 Å². The third kappa shape index (κ3) is 4.48. The molecule has 4 rings (SSSR count). The van der Waals surface area contributed by atoms with Crippen molar-refractivity contribution in [1.82, 2.24) is 29.6 Å². The Morgan fingerprint density at radius 3 is 2.83 bits per heavy atom. The zero-order valence-electron chi connectivity index (χ0n) is 16.3. The highest BCUT2D eigenvalue weighted by Crippen LogP contribution is 2.30. The van der Waals surface area contributed by atoms with Crippen LogP contribution in [0.25, 0.3) is 6.08 Å². The van der Waals surface area contributed by atoms with Gasteiger partial charge in [0.15, 0.2) is 5.82 Å². The zero-order valence-corrected chi connectivity index (χ0v) is 16.3. The quantitative estimate of drug-likeness (QED) is 0.675. The van der Waals surface area contributed by atoms with Gasteiger partial charge in [0.2, 0.25) is 5.91 Å². The summed E-state index contributed by atoms with van der Waals surface area (Å²) in [6, 6.07) is 7.55. The standard InChI is InChI=1S/C21H23N7O/c1-27-17(9-11-25-27)7-8-19(29)28-14-4-5-16(15-28)20-21(24-13-12-23-20)26-18-6-2-3-10-22-18/h2-3,6-13,16H,4-5,14-15H2,1H3,(H,22,24,26)/b8-7+/t16-/m0/s1. The Labute approximate surface area is 169 Å². The number of carbonyl (C=O) groups is 1. The minimum atomic E-state index is -0.000902. The Hall–Kier alpha value is -3.55. The van der Waals surface area contributed by atoms with Crippen molar-refractivity contribution in [1.29, 1.82) is 0 Å². The number of carbonyl (C=O) groups excluding carboxylic acids is 1. The van der Waals surface area contributed by atoms with Crippen molar-refractivity contribution < 1.29 is 4.79 Å². The van der Waals surface area contributed by atoms with Gasteiger partial charge in [-0.05, 0) is 37.1 Å². The second kappa shape index (κ2) is 8.64. The number of amides is 1. The summed E-state index contributed by atoms with van der Waals surface area (Å²) < 4.78 is 1.73. The van der Waals surface area contributed by atoms with Crippen LogP contribution in [0.4, 0.5) is 11.6 Å². The van der Waals surface area contributed by atoms with E-state index in [4.69, 9.17) is 0 Å². The smallest absolute Gasteiger partial charge is 0.246 e. The van der Waals surface area contributed by atoms with Gasteiger partial charge in [0.25, 0.3) is 0 Å². The van der Waals surface area contributed by atoms with E-state index in [0.717, 1.165) is 36.6 Å². The predicted molar refractivity (Wildman–Crippen MR) is 110 cm³/mol. The van der Waals surface area contributed by atoms with Gasteiger partial charge in [-0.25, -0.2) is 9.97 Å². The summed E-state index contributed by atoms with van der Waals surface area (Å²) in [6.07, 6.45) is 12.1. The molecule has 1 saturated heterocycles. The number of nitrogens with zero attached hydrogens (tertiary/aromatic N) is 6. The van der Waals surface area contributed by atoms with Crippen molar-refractivity contribution in [3.63, 3.8) is 0 Å². The summed E-state index contributed by atoms with van der Waals surface area (Å²) in [4.78, 5) is 27.9. The molecule has 0 bridgehead atoms. The van der Waals surface area contributed by atoms with Gasteiger partial charge in [-0.2, -0.15) is 5.10 Å². The first-order chi connectivity index (χ1) is 14.2. The van der Waals surface area contributed by atoms with E-state index in [2.05, 4.69) is 25.4 Å². The van der Waals surface area contributed by atoms with E-state index in [1.807, 2.05) is 36.2 Å². The third-order valence-corrected chi connectivity index (χ3v) is 5.01. The van der Waals surface area contributed by atoms with Gasteiger partial charge in [-0.15, -0.1) is 0 Å². The van der Waals surface area contributed by atoms with E-state index in [1.54, 1.807) is 41.6 Å². The first-order valence-corrected chi connectivity index (χ1v) is 9.64. The number of piperidine rings is 1. The van der Waals surface area contributed by atoms with E-state index < -0.39 is 0 Å². The first kappa shape index (κ1) is 18.8. The number of aryl methyl sites for hydroxylation is 1. The molecule has 1 aliphatic rings. The second-order valence-corrected chi connectivity index (χ2v) is 6.97. The molecule has 1 atom stereocenters. The van der Waals surface area contributed by atoms with Crippen LogP contribution >= 0.6 is 0 Å². The molecule has 0 saturated carbocycles. The molecule has 0 aromatic carbocycles. The lowest BCUT2D eigenvalue weighted by Crippen LogP contribution is -2.38. The normalized spacial score (nSPS) is 16.9. The second-order valence-electron chi connectivity index (χ2n) is 6.97. The summed E-state index contributed by atoms with van der Waals surface area (Å²) >= 11 is 0. The Balaban J connectivity index is 1.48. The molecule has 1 aliphatic heterocycles.